The van der Waals surface area contributed by atoms with Crippen molar-refractivity contribution >= 4 is 15.9 Å². The van der Waals surface area contributed by atoms with E-state index in [0.717, 1.165) is 6.42 Å². The number of halogens is 3. The second kappa shape index (κ2) is 6.62. The van der Waals surface area contributed by atoms with Gasteiger partial charge in [0.1, 0.15) is 11.6 Å². The molecule has 0 saturated heterocycles. The molecule has 0 aliphatic heterocycles. The zero-order valence-corrected chi connectivity index (χ0v) is 10.3. The van der Waals surface area contributed by atoms with Crippen LogP contribution in [0, 0.1) is 24.0 Å². The van der Waals surface area contributed by atoms with Gasteiger partial charge in [0.25, 0.3) is 0 Å². The first-order valence-electron chi connectivity index (χ1n) is 4.93. The van der Waals surface area contributed by atoms with Crippen LogP contribution in [0.5, 0.6) is 0 Å². The molecule has 0 unspecified atom stereocenters. The van der Waals surface area contributed by atoms with E-state index in [9.17, 15) is 8.78 Å². The summed E-state index contributed by atoms with van der Waals surface area (Å²) in [5, 5.41) is 2.95. The fraction of sp³-hybridized carbons (Fsp3) is 0.333. The molecule has 0 fully saturated rings. The van der Waals surface area contributed by atoms with E-state index >= 15 is 0 Å². The van der Waals surface area contributed by atoms with Gasteiger partial charge in [-0.05, 0) is 41.0 Å². The van der Waals surface area contributed by atoms with Gasteiger partial charge in [0.2, 0.25) is 0 Å². The molecule has 0 aliphatic carbocycles. The van der Waals surface area contributed by atoms with Gasteiger partial charge in [-0.25, -0.2) is 8.78 Å². The van der Waals surface area contributed by atoms with Crippen LogP contribution in [-0.2, 0) is 6.54 Å². The van der Waals surface area contributed by atoms with Gasteiger partial charge in [-0.3, -0.25) is 0 Å². The number of unbranched alkanes of at least 4 members (excludes halogenated alkanes) is 1. The Labute approximate surface area is 102 Å². The molecule has 1 aromatic carbocycles. The van der Waals surface area contributed by atoms with Crippen molar-refractivity contribution in [1.82, 2.24) is 5.32 Å². The molecule has 0 aromatic heterocycles. The van der Waals surface area contributed by atoms with Crippen LogP contribution in [-0.4, -0.2) is 6.54 Å². The standard InChI is InChI=1S/C12H12BrF2N/c1-2-3-4-7-16-8-9-11(14)6-5-10(13)12(9)15/h1,5-6,16H,3-4,7-8H2. The van der Waals surface area contributed by atoms with Crippen LogP contribution < -0.4 is 5.32 Å². The molecule has 0 aliphatic rings. The third-order valence-corrected chi connectivity index (χ3v) is 2.73. The summed E-state index contributed by atoms with van der Waals surface area (Å²) in [5.74, 6) is 1.41. The maximum Gasteiger partial charge on any atom is 0.144 e. The first kappa shape index (κ1) is 13.1. The summed E-state index contributed by atoms with van der Waals surface area (Å²) >= 11 is 3.02. The lowest BCUT2D eigenvalue weighted by atomic mass is 10.2. The Bertz CT molecular complexity index is 399. The molecule has 1 aromatic rings. The molecular formula is C12H12BrF2N. The lowest BCUT2D eigenvalue weighted by molar-refractivity contribution is 0.530. The summed E-state index contributed by atoms with van der Waals surface area (Å²) < 4.78 is 27.0. The highest BCUT2D eigenvalue weighted by molar-refractivity contribution is 9.10. The van der Waals surface area contributed by atoms with Crippen molar-refractivity contribution in [3.63, 3.8) is 0 Å². The Morgan fingerprint density at radius 1 is 1.38 bits per heavy atom. The Morgan fingerprint density at radius 2 is 2.12 bits per heavy atom. The summed E-state index contributed by atoms with van der Waals surface area (Å²) in [7, 11) is 0. The molecule has 0 spiro atoms. The van der Waals surface area contributed by atoms with Crippen LogP contribution in [0.1, 0.15) is 18.4 Å². The zero-order chi connectivity index (χ0) is 12.0. The average molecular weight is 288 g/mol. The summed E-state index contributed by atoms with van der Waals surface area (Å²) in [6.45, 7) is 0.817. The van der Waals surface area contributed by atoms with E-state index in [1.807, 2.05) is 0 Å². The summed E-state index contributed by atoms with van der Waals surface area (Å²) in [6, 6.07) is 2.60. The number of hydrogen-bond donors (Lipinski definition) is 1. The number of nitrogens with one attached hydrogen (secondary N) is 1. The molecule has 1 N–H and O–H groups in total. The van der Waals surface area contributed by atoms with Crippen molar-refractivity contribution in [2.75, 3.05) is 6.54 Å². The first-order valence-corrected chi connectivity index (χ1v) is 5.72. The monoisotopic (exact) mass is 287 g/mol. The van der Waals surface area contributed by atoms with Crippen molar-refractivity contribution in [2.45, 2.75) is 19.4 Å². The van der Waals surface area contributed by atoms with Crippen LogP contribution in [0.4, 0.5) is 8.78 Å². The van der Waals surface area contributed by atoms with E-state index in [-0.39, 0.29) is 16.6 Å². The first-order chi connectivity index (χ1) is 7.66. The predicted molar refractivity (Wildman–Crippen MR) is 63.8 cm³/mol. The maximum atomic E-state index is 13.5. The largest absolute Gasteiger partial charge is 0.312 e. The molecule has 1 rings (SSSR count). The number of rotatable bonds is 5. The van der Waals surface area contributed by atoms with Crippen molar-refractivity contribution in [1.29, 1.82) is 0 Å². The van der Waals surface area contributed by atoms with Gasteiger partial charge >= 0.3 is 0 Å². The minimum absolute atomic E-state index is 0.0510. The fourth-order valence-corrected chi connectivity index (χ4v) is 1.63. The molecule has 0 saturated carbocycles. The summed E-state index contributed by atoms with van der Waals surface area (Å²) in [4.78, 5) is 0. The molecule has 0 atom stereocenters. The molecular weight excluding hydrogens is 276 g/mol. The van der Waals surface area contributed by atoms with Gasteiger partial charge < -0.3 is 5.32 Å². The predicted octanol–water partition coefficient (Wildman–Crippen LogP) is 3.23. The molecule has 0 amide bonds. The molecule has 0 bridgehead atoms. The lowest BCUT2D eigenvalue weighted by Gasteiger charge is -2.07. The number of terminal acetylenes is 1. The minimum Gasteiger partial charge on any atom is -0.312 e. The third kappa shape index (κ3) is 3.58. The van der Waals surface area contributed by atoms with Gasteiger partial charge in [0, 0.05) is 18.5 Å². The minimum atomic E-state index is -0.551. The number of hydrogen-bond acceptors (Lipinski definition) is 1. The van der Waals surface area contributed by atoms with Gasteiger partial charge in [-0.2, -0.15) is 0 Å². The van der Waals surface area contributed by atoms with Crippen LogP contribution >= 0.6 is 15.9 Å². The lowest BCUT2D eigenvalue weighted by Crippen LogP contribution is -2.16. The quantitative estimate of drug-likeness (QED) is 0.498. The van der Waals surface area contributed by atoms with Crippen LogP contribution in [0.3, 0.4) is 0 Å². The second-order valence-electron chi connectivity index (χ2n) is 3.31. The third-order valence-electron chi connectivity index (χ3n) is 2.12. The van der Waals surface area contributed by atoms with E-state index < -0.39 is 11.6 Å². The Balaban J connectivity index is 2.54. The molecule has 0 radical (unpaired) electrons. The fourth-order valence-electron chi connectivity index (χ4n) is 1.26. The van der Waals surface area contributed by atoms with Crippen molar-refractivity contribution in [2.24, 2.45) is 0 Å². The zero-order valence-electron chi connectivity index (χ0n) is 8.69. The van der Waals surface area contributed by atoms with Crippen molar-refractivity contribution in [3.8, 4) is 12.3 Å². The Morgan fingerprint density at radius 3 is 2.81 bits per heavy atom. The average Bonchev–Trinajstić information content (AvgIpc) is 2.28. The topological polar surface area (TPSA) is 12.0 Å². The highest BCUT2D eigenvalue weighted by Crippen LogP contribution is 2.21. The Kier molecular flexibility index (Phi) is 5.44. The molecule has 16 heavy (non-hydrogen) atoms. The van der Waals surface area contributed by atoms with Crippen LogP contribution in [0.15, 0.2) is 16.6 Å². The summed E-state index contributed by atoms with van der Waals surface area (Å²) in [5.41, 5.74) is 0.0510. The summed E-state index contributed by atoms with van der Waals surface area (Å²) in [6.07, 6.45) is 6.55. The van der Waals surface area contributed by atoms with Gasteiger partial charge in [-0.1, -0.05) is 0 Å². The molecule has 4 heteroatoms. The normalized spacial score (nSPS) is 10.1. The van der Waals surface area contributed by atoms with Gasteiger partial charge in [0.05, 0.1) is 4.47 Å². The van der Waals surface area contributed by atoms with E-state index in [4.69, 9.17) is 6.42 Å². The van der Waals surface area contributed by atoms with Crippen LogP contribution in [0.2, 0.25) is 0 Å². The van der Waals surface area contributed by atoms with Crippen molar-refractivity contribution in [3.05, 3.63) is 33.8 Å². The maximum absolute atomic E-state index is 13.5. The smallest absolute Gasteiger partial charge is 0.144 e. The van der Waals surface area contributed by atoms with E-state index in [1.54, 1.807) is 0 Å². The Hall–Kier alpha value is -0.920. The highest BCUT2D eigenvalue weighted by atomic mass is 79.9. The van der Waals surface area contributed by atoms with E-state index in [1.165, 1.54) is 12.1 Å². The molecule has 1 nitrogen and oxygen atoms in total. The van der Waals surface area contributed by atoms with E-state index in [0.29, 0.717) is 13.0 Å². The number of benzene rings is 1. The second-order valence-corrected chi connectivity index (χ2v) is 4.16. The molecule has 0 heterocycles. The molecule has 86 valence electrons. The van der Waals surface area contributed by atoms with Gasteiger partial charge in [-0.15, -0.1) is 12.3 Å². The van der Waals surface area contributed by atoms with E-state index in [2.05, 4.69) is 27.2 Å². The SMILES string of the molecule is C#CCCCNCc1c(F)ccc(Br)c1F. The highest BCUT2D eigenvalue weighted by Gasteiger charge is 2.11. The van der Waals surface area contributed by atoms with Crippen LogP contribution in [0.25, 0.3) is 0 Å². The van der Waals surface area contributed by atoms with Gasteiger partial charge in [0.15, 0.2) is 0 Å². The van der Waals surface area contributed by atoms with Crippen molar-refractivity contribution < 1.29 is 8.78 Å².